The van der Waals surface area contributed by atoms with Crippen molar-refractivity contribution in [1.82, 2.24) is 0 Å². The highest BCUT2D eigenvalue weighted by molar-refractivity contribution is 4.55. The molecule has 1 N–H and O–H groups in total. The average Bonchev–Trinajstić information content (AvgIpc) is 2.77. The Labute approximate surface area is 187 Å². The Morgan fingerprint density at radius 1 is 0.600 bits per heavy atom. The van der Waals surface area contributed by atoms with Crippen LogP contribution in [0.4, 0.5) is 0 Å². The van der Waals surface area contributed by atoms with Gasteiger partial charge in [-0.3, -0.25) is 0 Å². The van der Waals surface area contributed by atoms with Crippen molar-refractivity contribution in [3.8, 4) is 0 Å². The van der Waals surface area contributed by atoms with Gasteiger partial charge >= 0.3 is 0 Å². The second-order valence-electron chi connectivity index (χ2n) is 8.42. The highest BCUT2D eigenvalue weighted by atomic mass is 16.7. The molecule has 30 heavy (non-hydrogen) atoms. The first-order valence-corrected chi connectivity index (χ1v) is 12.6. The van der Waals surface area contributed by atoms with Gasteiger partial charge in [-0.15, -0.1) is 0 Å². The van der Waals surface area contributed by atoms with Crippen molar-refractivity contribution in [2.75, 3.05) is 40.6 Å². The zero-order chi connectivity index (χ0) is 22.1. The van der Waals surface area contributed by atoms with Crippen LogP contribution in [0.1, 0.15) is 110 Å². The van der Waals surface area contributed by atoms with Crippen LogP contribution < -0.4 is 0 Å². The lowest BCUT2D eigenvalue weighted by molar-refractivity contribution is -0.162. The van der Waals surface area contributed by atoms with Crippen LogP contribution in [0.15, 0.2) is 0 Å². The van der Waals surface area contributed by atoms with Gasteiger partial charge in [-0.1, -0.05) is 103 Å². The third-order valence-electron chi connectivity index (χ3n) is 5.64. The molecule has 0 radical (unpaired) electrons. The molecular weight excluding hydrogens is 380 g/mol. The zero-order valence-corrected chi connectivity index (χ0v) is 20.4. The molecule has 1 atom stereocenters. The predicted molar refractivity (Wildman–Crippen MR) is 125 cm³/mol. The van der Waals surface area contributed by atoms with Gasteiger partial charge in [-0.25, -0.2) is 0 Å². The summed E-state index contributed by atoms with van der Waals surface area (Å²) in [6, 6.07) is 0. The molecule has 5 nitrogen and oxygen atoms in total. The molecule has 0 fully saturated rings. The molecule has 1 unspecified atom stereocenters. The van der Waals surface area contributed by atoms with Gasteiger partial charge in [0, 0.05) is 20.8 Å². The molecule has 0 amide bonds. The molecule has 0 aromatic carbocycles. The maximum absolute atomic E-state index is 9.34. The Morgan fingerprint density at radius 2 is 1.03 bits per heavy atom. The van der Waals surface area contributed by atoms with Crippen molar-refractivity contribution in [1.29, 1.82) is 0 Å². The number of ether oxygens (including phenoxy) is 4. The summed E-state index contributed by atoms with van der Waals surface area (Å²) >= 11 is 0. The number of unbranched alkanes of at least 4 members (excludes halogenated alkanes) is 15. The summed E-state index contributed by atoms with van der Waals surface area (Å²) in [5.41, 5.74) is 0. The monoisotopic (exact) mass is 432 g/mol. The van der Waals surface area contributed by atoms with E-state index in [1.54, 1.807) is 14.2 Å². The lowest BCUT2D eigenvalue weighted by Crippen LogP contribution is -2.30. The summed E-state index contributed by atoms with van der Waals surface area (Å²) in [5, 5.41) is 9.34. The van der Waals surface area contributed by atoms with Crippen LogP contribution in [0.2, 0.25) is 0 Å². The van der Waals surface area contributed by atoms with Crippen molar-refractivity contribution in [2.45, 2.75) is 122 Å². The van der Waals surface area contributed by atoms with E-state index in [1.165, 1.54) is 96.3 Å². The van der Waals surface area contributed by atoms with Gasteiger partial charge in [0.25, 0.3) is 0 Å². The molecule has 182 valence electrons. The molecule has 0 aliphatic carbocycles. The van der Waals surface area contributed by atoms with E-state index >= 15 is 0 Å². The van der Waals surface area contributed by atoms with Crippen LogP contribution in [0.3, 0.4) is 0 Å². The van der Waals surface area contributed by atoms with E-state index in [1.807, 2.05) is 0 Å². The lowest BCUT2D eigenvalue weighted by Gasteiger charge is -2.19. The van der Waals surface area contributed by atoms with Crippen LogP contribution in [0.5, 0.6) is 0 Å². The van der Waals surface area contributed by atoms with E-state index < -0.39 is 6.29 Å². The van der Waals surface area contributed by atoms with Crippen LogP contribution in [0.25, 0.3) is 0 Å². The summed E-state index contributed by atoms with van der Waals surface area (Å²) in [6.45, 7) is 3.66. The molecule has 0 saturated carbocycles. The van der Waals surface area contributed by atoms with Crippen molar-refractivity contribution in [3.63, 3.8) is 0 Å². The Kier molecular flexibility index (Phi) is 24.9. The third kappa shape index (κ3) is 21.0. The minimum absolute atomic E-state index is 0.0564. The maximum Gasteiger partial charge on any atom is 0.180 e. The van der Waals surface area contributed by atoms with E-state index in [0.717, 1.165) is 13.0 Å². The molecule has 0 aliphatic heterocycles. The fraction of sp³-hybridized carbons (Fsp3) is 1.00. The van der Waals surface area contributed by atoms with Gasteiger partial charge in [0.1, 0.15) is 6.10 Å². The summed E-state index contributed by atoms with van der Waals surface area (Å²) in [5.74, 6) is 0. The summed E-state index contributed by atoms with van der Waals surface area (Å²) in [6.07, 6.45) is 21.2. The predicted octanol–water partition coefficient (Wildman–Crippen LogP) is 6.26. The summed E-state index contributed by atoms with van der Waals surface area (Å²) < 4.78 is 21.3. The Hall–Kier alpha value is -0.200. The molecule has 0 aliphatic rings. The minimum atomic E-state index is -0.403. The maximum atomic E-state index is 9.34. The summed E-state index contributed by atoms with van der Waals surface area (Å²) in [7, 11) is 3.14. The number of aliphatic hydroxyl groups excluding tert-OH is 1. The van der Waals surface area contributed by atoms with Gasteiger partial charge in [-0.2, -0.15) is 0 Å². The van der Waals surface area contributed by atoms with Crippen LogP contribution in [-0.4, -0.2) is 58.1 Å². The normalized spacial score (nSPS) is 12.7. The highest BCUT2D eigenvalue weighted by Gasteiger charge is 2.12. The van der Waals surface area contributed by atoms with Gasteiger partial charge in [-0.05, 0) is 6.42 Å². The lowest BCUT2D eigenvalue weighted by atomic mass is 10.0. The number of rotatable bonds is 25. The average molecular weight is 433 g/mol. The van der Waals surface area contributed by atoms with Gasteiger partial charge in [0.2, 0.25) is 0 Å². The molecule has 0 aromatic heterocycles. The molecule has 0 bridgehead atoms. The highest BCUT2D eigenvalue weighted by Crippen LogP contribution is 2.13. The molecule has 0 saturated heterocycles. The van der Waals surface area contributed by atoms with Crippen molar-refractivity contribution < 1.29 is 24.1 Å². The molecular formula is C25H52O5. The minimum Gasteiger partial charge on any atom is -0.394 e. The van der Waals surface area contributed by atoms with E-state index in [2.05, 4.69) is 6.92 Å². The molecule has 5 heteroatoms. The Bertz CT molecular complexity index is 310. The SMILES string of the molecule is CCCCCCCCCCCCCCCCCCOCC(CO)OCC(OC)OC. The molecule has 0 heterocycles. The second kappa shape index (κ2) is 25.1. The smallest absolute Gasteiger partial charge is 0.180 e. The molecule has 0 spiro atoms. The number of aliphatic hydroxyl groups is 1. The third-order valence-corrected chi connectivity index (χ3v) is 5.64. The van der Waals surface area contributed by atoms with Crippen molar-refractivity contribution in [2.24, 2.45) is 0 Å². The zero-order valence-electron chi connectivity index (χ0n) is 20.4. The fourth-order valence-electron chi connectivity index (χ4n) is 3.57. The topological polar surface area (TPSA) is 57.2 Å². The van der Waals surface area contributed by atoms with Gasteiger partial charge in [0.15, 0.2) is 6.29 Å². The van der Waals surface area contributed by atoms with E-state index in [-0.39, 0.29) is 12.7 Å². The number of methoxy groups -OCH3 is 2. The quantitative estimate of drug-likeness (QED) is 0.136. The van der Waals surface area contributed by atoms with Crippen LogP contribution >= 0.6 is 0 Å². The summed E-state index contributed by atoms with van der Waals surface area (Å²) in [4.78, 5) is 0. The van der Waals surface area contributed by atoms with E-state index in [4.69, 9.17) is 18.9 Å². The number of hydrogen-bond donors (Lipinski definition) is 1. The van der Waals surface area contributed by atoms with Crippen molar-refractivity contribution in [3.05, 3.63) is 0 Å². The van der Waals surface area contributed by atoms with Crippen molar-refractivity contribution >= 4 is 0 Å². The standard InChI is InChI=1S/C25H52O5/c1-4-5-6-7-8-9-10-11-12-13-14-15-16-17-18-19-20-29-22-24(21-26)30-23-25(27-2)28-3/h24-26H,4-23H2,1-3H3. The second-order valence-corrected chi connectivity index (χ2v) is 8.42. The van der Waals surface area contributed by atoms with Crippen LogP contribution in [-0.2, 0) is 18.9 Å². The first kappa shape index (κ1) is 29.8. The fourth-order valence-corrected chi connectivity index (χ4v) is 3.57. The molecule has 0 rings (SSSR count). The Morgan fingerprint density at radius 3 is 1.43 bits per heavy atom. The molecule has 0 aromatic rings. The number of hydrogen-bond acceptors (Lipinski definition) is 5. The first-order valence-electron chi connectivity index (χ1n) is 12.6. The van der Waals surface area contributed by atoms with Gasteiger partial charge in [0.05, 0.1) is 19.8 Å². The van der Waals surface area contributed by atoms with E-state index in [9.17, 15) is 5.11 Å². The van der Waals surface area contributed by atoms with Gasteiger partial charge < -0.3 is 24.1 Å². The van der Waals surface area contributed by atoms with Crippen LogP contribution in [0, 0.1) is 0 Å². The Balaban J connectivity index is 3.25. The van der Waals surface area contributed by atoms with E-state index in [0.29, 0.717) is 13.2 Å². The largest absolute Gasteiger partial charge is 0.394 e. The first-order chi connectivity index (χ1) is 14.8.